The maximum Gasteiger partial charge on any atom is 0.256 e. The van der Waals surface area contributed by atoms with Crippen LogP contribution in [0.2, 0.25) is 0 Å². The number of carbonyl (C=O) groups is 1. The summed E-state index contributed by atoms with van der Waals surface area (Å²) < 4.78 is 5.41. The van der Waals surface area contributed by atoms with Crippen molar-refractivity contribution in [1.29, 1.82) is 0 Å². The molecule has 1 aromatic heterocycles. The van der Waals surface area contributed by atoms with Crippen molar-refractivity contribution < 1.29 is 9.53 Å². The maximum absolute atomic E-state index is 12.5. The monoisotopic (exact) mass is 302 g/mol. The number of rotatable bonds is 7. The third-order valence-corrected chi connectivity index (χ3v) is 3.47. The topological polar surface area (TPSA) is 71.2 Å². The summed E-state index contributed by atoms with van der Waals surface area (Å²) in [6.07, 6.45) is 4.54. The zero-order valence-electron chi connectivity index (χ0n) is 13.1. The number of aromatic amines is 1. The Morgan fingerprint density at radius 3 is 2.82 bits per heavy atom. The number of carbonyl (C=O) groups excluding carboxylic acids is 1. The van der Waals surface area contributed by atoms with Gasteiger partial charge in [-0.15, -0.1) is 0 Å². The fourth-order valence-electron chi connectivity index (χ4n) is 2.29. The van der Waals surface area contributed by atoms with Crippen LogP contribution in [0, 0.1) is 0 Å². The second kappa shape index (κ2) is 7.64. The first-order valence-electron chi connectivity index (χ1n) is 7.73. The highest BCUT2D eigenvalue weighted by Gasteiger charge is 2.13. The van der Waals surface area contributed by atoms with Gasteiger partial charge in [-0.1, -0.05) is 19.8 Å². The molecule has 5 nitrogen and oxygen atoms in total. The molecular weight excluding hydrogens is 280 g/mol. The molecule has 2 rings (SSSR count). The van der Waals surface area contributed by atoms with Crippen molar-refractivity contribution >= 4 is 16.8 Å². The Kier molecular flexibility index (Phi) is 5.58. The van der Waals surface area contributed by atoms with Gasteiger partial charge in [0.1, 0.15) is 11.3 Å². The van der Waals surface area contributed by atoms with Crippen LogP contribution in [0.3, 0.4) is 0 Å². The lowest BCUT2D eigenvalue weighted by Gasteiger charge is -2.07. The van der Waals surface area contributed by atoms with Crippen LogP contribution in [0.5, 0.6) is 5.75 Å². The van der Waals surface area contributed by atoms with Crippen LogP contribution in [-0.4, -0.2) is 24.0 Å². The highest BCUT2D eigenvalue weighted by Crippen LogP contribution is 2.17. The molecule has 0 aliphatic rings. The van der Waals surface area contributed by atoms with Gasteiger partial charge in [0.05, 0.1) is 6.61 Å². The molecule has 0 radical (unpaired) electrons. The van der Waals surface area contributed by atoms with E-state index in [0.717, 1.165) is 19.3 Å². The van der Waals surface area contributed by atoms with E-state index in [1.54, 1.807) is 18.2 Å². The summed E-state index contributed by atoms with van der Waals surface area (Å²) >= 11 is 0. The summed E-state index contributed by atoms with van der Waals surface area (Å²) in [6, 6.07) is 5.25. The highest BCUT2D eigenvalue weighted by atomic mass is 16.5. The minimum atomic E-state index is -0.332. The van der Waals surface area contributed by atoms with Gasteiger partial charge in [-0.25, -0.2) is 0 Å². The number of benzene rings is 1. The lowest BCUT2D eigenvalue weighted by molar-refractivity contribution is 0.0951. The fourth-order valence-corrected chi connectivity index (χ4v) is 2.29. The number of pyridine rings is 1. The van der Waals surface area contributed by atoms with Crippen molar-refractivity contribution in [2.24, 2.45) is 0 Å². The second-order valence-corrected chi connectivity index (χ2v) is 5.13. The van der Waals surface area contributed by atoms with Crippen LogP contribution in [0.4, 0.5) is 0 Å². The Morgan fingerprint density at radius 2 is 2.09 bits per heavy atom. The summed E-state index contributed by atoms with van der Waals surface area (Å²) in [5, 5.41) is 3.25. The van der Waals surface area contributed by atoms with Crippen molar-refractivity contribution in [3.8, 4) is 5.75 Å². The van der Waals surface area contributed by atoms with Crippen LogP contribution in [-0.2, 0) is 0 Å². The molecule has 0 saturated carbocycles. The third kappa shape index (κ3) is 3.67. The van der Waals surface area contributed by atoms with E-state index < -0.39 is 0 Å². The van der Waals surface area contributed by atoms with E-state index in [1.807, 2.05) is 6.92 Å². The molecule has 0 aliphatic carbocycles. The average molecular weight is 302 g/mol. The van der Waals surface area contributed by atoms with Crippen LogP contribution in [0.25, 0.3) is 10.9 Å². The van der Waals surface area contributed by atoms with Crippen LogP contribution in [0.15, 0.2) is 29.2 Å². The maximum atomic E-state index is 12.5. The molecule has 0 atom stereocenters. The first-order valence-corrected chi connectivity index (χ1v) is 7.73. The summed E-state index contributed by atoms with van der Waals surface area (Å²) in [6.45, 7) is 5.10. The lowest BCUT2D eigenvalue weighted by atomic mass is 10.1. The largest absolute Gasteiger partial charge is 0.494 e. The van der Waals surface area contributed by atoms with Crippen molar-refractivity contribution in [3.63, 3.8) is 0 Å². The van der Waals surface area contributed by atoms with Crippen molar-refractivity contribution in [2.45, 2.75) is 33.1 Å². The number of amides is 1. The van der Waals surface area contributed by atoms with Crippen LogP contribution < -0.4 is 15.5 Å². The summed E-state index contributed by atoms with van der Waals surface area (Å²) in [4.78, 5) is 27.6. The standard InChI is InChI=1S/C17H22N2O3/c1-3-5-6-9-18-17(21)14-11-19-15-8-7-12(22-4-2)10-13(15)16(14)20/h7-8,10-11H,3-6,9H2,1-2H3,(H,18,21)(H,19,20). The molecular formula is C17H22N2O3. The molecule has 1 aromatic carbocycles. The van der Waals surface area contributed by atoms with E-state index in [2.05, 4.69) is 17.2 Å². The SMILES string of the molecule is CCCCCNC(=O)c1c[nH]c2ccc(OCC)cc2c1=O. The summed E-state index contributed by atoms with van der Waals surface area (Å²) in [7, 11) is 0. The number of aromatic nitrogens is 1. The predicted octanol–water partition coefficient (Wildman–Crippen LogP) is 2.85. The molecule has 5 heteroatoms. The zero-order valence-corrected chi connectivity index (χ0v) is 13.1. The number of ether oxygens (including phenoxy) is 1. The van der Waals surface area contributed by atoms with E-state index in [-0.39, 0.29) is 16.9 Å². The molecule has 1 heterocycles. The van der Waals surface area contributed by atoms with Gasteiger partial charge in [0, 0.05) is 23.6 Å². The Morgan fingerprint density at radius 1 is 1.27 bits per heavy atom. The summed E-state index contributed by atoms with van der Waals surface area (Å²) in [5.74, 6) is 0.294. The quantitative estimate of drug-likeness (QED) is 0.773. The first-order chi connectivity index (χ1) is 10.7. The molecule has 0 spiro atoms. The van der Waals surface area contributed by atoms with Gasteiger partial charge in [0.25, 0.3) is 5.91 Å². The van der Waals surface area contributed by atoms with Gasteiger partial charge in [0.15, 0.2) is 0 Å². The molecule has 118 valence electrons. The van der Waals surface area contributed by atoms with E-state index in [0.29, 0.717) is 29.8 Å². The average Bonchev–Trinajstić information content (AvgIpc) is 2.52. The van der Waals surface area contributed by atoms with E-state index in [1.165, 1.54) is 6.20 Å². The number of fused-ring (bicyclic) bond motifs is 1. The van der Waals surface area contributed by atoms with E-state index in [9.17, 15) is 9.59 Å². The normalized spacial score (nSPS) is 10.6. The number of nitrogens with one attached hydrogen (secondary N) is 2. The number of hydrogen-bond donors (Lipinski definition) is 2. The smallest absolute Gasteiger partial charge is 0.256 e. The Balaban J connectivity index is 2.25. The number of unbranched alkanes of at least 4 members (excludes halogenated alkanes) is 2. The van der Waals surface area contributed by atoms with Gasteiger partial charge in [-0.3, -0.25) is 9.59 Å². The van der Waals surface area contributed by atoms with Gasteiger partial charge in [-0.05, 0) is 31.5 Å². The van der Waals surface area contributed by atoms with Crippen molar-refractivity contribution in [1.82, 2.24) is 10.3 Å². The second-order valence-electron chi connectivity index (χ2n) is 5.13. The van der Waals surface area contributed by atoms with E-state index >= 15 is 0 Å². The molecule has 1 amide bonds. The Labute approximate surface area is 129 Å². The lowest BCUT2D eigenvalue weighted by Crippen LogP contribution is -2.29. The Bertz CT molecular complexity index is 707. The van der Waals surface area contributed by atoms with Gasteiger partial charge < -0.3 is 15.0 Å². The van der Waals surface area contributed by atoms with Gasteiger partial charge in [0.2, 0.25) is 5.43 Å². The van der Waals surface area contributed by atoms with Gasteiger partial charge in [-0.2, -0.15) is 0 Å². The van der Waals surface area contributed by atoms with Crippen molar-refractivity contribution in [2.75, 3.05) is 13.2 Å². The Hall–Kier alpha value is -2.30. The minimum absolute atomic E-state index is 0.137. The molecule has 0 bridgehead atoms. The molecule has 22 heavy (non-hydrogen) atoms. The molecule has 0 fully saturated rings. The zero-order chi connectivity index (χ0) is 15.9. The molecule has 0 saturated heterocycles. The van der Waals surface area contributed by atoms with Crippen LogP contribution >= 0.6 is 0 Å². The molecule has 0 unspecified atom stereocenters. The first kappa shape index (κ1) is 16.1. The molecule has 2 N–H and O–H groups in total. The fraction of sp³-hybridized carbons (Fsp3) is 0.412. The number of H-pyrrole nitrogens is 1. The van der Waals surface area contributed by atoms with Crippen LogP contribution in [0.1, 0.15) is 43.5 Å². The summed E-state index contributed by atoms with van der Waals surface area (Å²) in [5.41, 5.74) is 0.553. The molecule has 2 aromatic rings. The predicted molar refractivity (Wildman–Crippen MR) is 87.6 cm³/mol. The highest BCUT2D eigenvalue weighted by molar-refractivity contribution is 5.97. The number of hydrogen-bond acceptors (Lipinski definition) is 3. The van der Waals surface area contributed by atoms with Gasteiger partial charge >= 0.3 is 0 Å². The van der Waals surface area contributed by atoms with Crippen molar-refractivity contribution in [3.05, 3.63) is 40.2 Å². The third-order valence-electron chi connectivity index (χ3n) is 3.47. The van der Waals surface area contributed by atoms with E-state index in [4.69, 9.17) is 4.74 Å². The molecule has 0 aliphatic heterocycles. The minimum Gasteiger partial charge on any atom is -0.494 e.